The topological polar surface area (TPSA) is 43.8 Å². The minimum Gasteiger partial charge on any atom is -0.395 e. The van der Waals surface area contributed by atoms with Gasteiger partial charge in [0, 0.05) is 30.3 Å². The van der Waals surface area contributed by atoms with E-state index < -0.39 is 0 Å². The maximum atomic E-state index is 12.8. The second-order valence-corrected chi connectivity index (χ2v) is 6.92. The maximum absolute atomic E-state index is 12.8. The Morgan fingerprint density at radius 1 is 1.12 bits per heavy atom. The highest BCUT2D eigenvalue weighted by atomic mass is 32.2. The van der Waals surface area contributed by atoms with Crippen molar-refractivity contribution >= 4 is 23.4 Å². The lowest BCUT2D eigenvalue weighted by atomic mass is 10.2. The van der Waals surface area contributed by atoms with Gasteiger partial charge >= 0.3 is 0 Å². The molecule has 1 aliphatic rings. The fourth-order valence-corrected chi connectivity index (χ4v) is 3.90. The Bertz CT molecular complexity index is 678. The first-order valence-corrected chi connectivity index (χ1v) is 9.16. The number of para-hydroxylation sites is 1. The molecule has 0 bridgehead atoms. The van der Waals surface area contributed by atoms with Gasteiger partial charge in [-0.1, -0.05) is 42.5 Å². The molecule has 4 nitrogen and oxygen atoms in total. The number of carbonyl (C=O) groups is 1. The van der Waals surface area contributed by atoms with Gasteiger partial charge in [0.2, 0.25) is 5.91 Å². The van der Waals surface area contributed by atoms with Crippen LogP contribution in [0.25, 0.3) is 0 Å². The molecule has 0 spiro atoms. The molecule has 126 valence electrons. The van der Waals surface area contributed by atoms with E-state index in [2.05, 4.69) is 6.07 Å². The van der Waals surface area contributed by atoms with Crippen molar-refractivity contribution in [2.24, 2.45) is 0 Å². The second-order valence-electron chi connectivity index (χ2n) is 5.78. The average Bonchev–Trinajstić information content (AvgIpc) is 2.62. The summed E-state index contributed by atoms with van der Waals surface area (Å²) in [5.74, 6) is 1.01. The predicted octanol–water partition coefficient (Wildman–Crippen LogP) is 2.62. The van der Waals surface area contributed by atoms with E-state index in [-0.39, 0.29) is 12.5 Å². The van der Waals surface area contributed by atoms with E-state index in [1.807, 2.05) is 58.3 Å². The highest BCUT2D eigenvalue weighted by Crippen LogP contribution is 2.34. The highest BCUT2D eigenvalue weighted by molar-refractivity contribution is 7.99. The zero-order valence-corrected chi connectivity index (χ0v) is 14.4. The molecular weight excluding hydrogens is 320 g/mol. The van der Waals surface area contributed by atoms with E-state index in [0.29, 0.717) is 19.6 Å². The van der Waals surface area contributed by atoms with Crippen LogP contribution in [0.4, 0.5) is 5.69 Å². The number of aliphatic hydroxyl groups is 1. The number of benzene rings is 2. The smallest absolute Gasteiger partial charge is 0.241 e. The van der Waals surface area contributed by atoms with Crippen LogP contribution in [0.2, 0.25) is 0 Å². The van der Waals surface area contributed by atoms with Gasteiger partial charge < -0.3 is 10.0 Å². The third-order valence-corrected chi connectivity index (χ3v) is 5.10. The molecule has 2 aromatic rings. The summed E-state index contributed by atoms with van der Waals surface area (Å²) in [5, 5.41) is 9.33. The van der Waals surface area contributed by atoms with Crippen LogP contribution in [-0.2, 0) is 11.3 Å². The van der Waals surface area contributed by atoms with E-state index in [1.54, 1.807) is 11.8 Å². The average molecular weight is 342 g/mol. The van der Waals surface area contributed by atoms with Crippen LogP contribution in [-0.4, -0.2) is 47.9 Å². The van der Waals surface area contributed by atoms with Gasteiger partial charge in [0.15, 0.2) is 0 Å². The summed E-state index contributed by atoms with van der Waals surface area (Å²) < 4.78 is 0. The van der Waals surface area contributed by atoms with Crippen molar-refractivity contribution in [1.82, 2.24) is 4.90 Å². The third-order valence-electron chi connectivity index (χ3n) is 4.05. The molecule has 5 heteroatoms. The number of aliphatic hydroxyl groups excluding tert-OH is 1. The number of nitrogens with zero attached hydrogens (tertiary/aromatic N) is 2. The van der Waals surface area contributed by atoms with Crippen LogP contribution in [0.3, 0.4) is 0 Å². The molecule has 3 rings (SSSR count). The van der Waals surface area contributed by atoms with Crippen LogP contribution >= 0.6 is 11.8 Å². The van der Waals surface area contributed by atoms with Gasteiger partial charge in [-0.25, -0.2) is 0 Å². The number of amides is 1. The van der Waals surface area contributed by atoms with E-state index in [4.69, 9.17) is 0 Å². The molecule has 2 aromatic carbocycles. The number of fused-ring (bicyclic) bond motifs is 1. The Morgan fingerprint density at radius 3 is 2.67 bits per heavy atom. The summed E-state index contributed by atoms with van der Waals surface area (Å²) >= 11 is 1.79. The van der Waals surface area contributed by atoms with Gasteiger partial charge in [-0.15, -0.1) is 11.8 Å². The Kier molecular flexibility index (Phi) is 5.91. The molecule has 0 unspecified atom stereocenters. The van der Waals surface area contributed by atoms with Crippen LogP contribution in [0.1, 0.15) is 5.56 Å². The summed E-state index contributed by atoms with van der Waals surface area (Å²) in [6.45, 7) is 2.25. The van der Waals surface area contributed by atoms with Crippen LogP contribution in [0, 0.1) is 0 Å². The summed E-state index contributed by atoms with van der Waals surface area (Å²) in [4.78, 5) is 17.9. The fourth-order valence-electron chi connectivity index (χ4n) is 2.90. The minimum absolute atomic E-state index is 0.0482. The maximum Gasteiger partial charge on any atom is 0.241 e. The van der Waals surface area contributed by atoms with Crippen molar-refractivity contribution < 1.29 is 9.90 Å². The monoisotopic (exact) mass is 342 g/mol. The van der Waals surface area contributed by atoms with Crippen LogP contribution in [0.15, 0.2) is 59.5 Å². The van der Waals surface area contributed by atoms with Gasteiger partial charge in [0.1, 0.15) is 0 Å². The molecule has 1 heterocycles. The van der Waals surface area contributed by atoms with Gasteiger partial charge in [0.05, 0.1) is 18.8 Å². The molecule has 1 aliphatic heterocycles. The molecule has 0 saturated heterocycles. The third kappa shape index (κ3) is 4.17. The SMILES string of the molecule is O=C(CN(CCO)Cc1ccccc1)N1CCSc2ccccc21. The predicted molar refractivity (Wildman–Crippen MR) is 98.3 cm³/mol. The van der Waals surface area contributed by atoms with Crippen LogP contribution in [0.5, 0.6) is 0 Å². The van der Waals surface area contributed by atoms with E-state index in [1.165, 1.54) is 0 Å². The molecule has 1 N–H and O–H groups in total. The molecule has 1 amide bonds. The van der Waals surface area contributed by atoms with Gasteiger partial charge in [-0.2, -0.15) is 0 Å². The highest BCUT2D eigenvalue weighted by Gasteiger charge is 2.24. The number of hydrogen-bond acceptors (Lipinski definition) is 4. The minimum atomic E-state index is 0.0482. The van der Waals surface area contributed by atoms with E-state index >= 15 is 0 Å². The van der Waals surface area contributed by atoms with Crippen molar-refractivity contribution in [1.29, 1.82) is 0 Å². The lowest BCUT2D eigenvalue weighted by molar-refractivity contribution is -0.120. The summed E-state index contributed by atoms with van der Waals surface area (Å²) in [5.41, 5.74) is 2.15. The van der Waals surface area contributed by atoms with Gasteiger partial charge in [-0.05, 0) is 17.7 Å². The Labute approximate surface area is 147 Å². The lowest BCUT2D eigenvalue weighted by Crippen LogP contribution is -2.43. The quantitative estimate of drug-likeness (QED) is 0.876. The Balaban J connectivity index is 1.70. The number of thioether (sulfide) groups is 1. The standard InChI is InChI=1S/C19H22N2O2S/c22-12-10-20(14-16-6-2-1-3-7-16)15-19(23)21-11-13-24-18-9-5-4-8-17(18)21/h1-9,22H,10-15H2. The molecule has 0 radical (unpaired) electrons. The number of hydrogen-bond donors (Lipinski definition) is 1. The van der Waals surface area contributed by atoms with Crippen molar-refractivity contribution in [2.75, 3.05) is 36.9 Å². The number of carbonyl (C=O) groups excluding carboxylic acids is 1. The lowest BCUT2D eigenvalue weighted by Gasteiger charge is -2.31. The van der Waals surface area contributed by atoms with Gasteiger partial charge in [0.25, 0.3) is 0 Å². The largest absolute Gasteiger partial charge is 0.395 e. The molecule has 0 aromatic heterocycles. The molecular formula is C19H22N2O2S. The normalized spacial score (nSPS) is 13.8. The number of rotatable bonds is 6. The summed E-state index contributed by atoms with van der Waals surface area (Å²) in [7, 11) is 0. The van der Waals surface area contributed by atoms with Crippen molar-refractivity contribution in [3.05, 3.63) is 60.2 Å². The van der Waals surface area contributed by atoms with E-state index in [0.717, 1.165) is 28.4 Å². The zero-order valence-electron chi connectivity index (χ0n) is 13.6. The first kappa shape index (κ1) is 17.0. The fraction of sp³-hybridized carbons (Fsp3) is 0.316. The first-order chi connectivity index (χ1) is 11.8. The molecule has 0 atom stereocenters. The summed E-state index contributed by atoms with van der Waals surface area (Å²) in [6.07, 6.45) is 0. The Morgan fingerprint density at radius 2 is 1.88 bits per heavy atom. The van der Waals surface area contributed by atoms with Crippen molar-refractivity contribution in [3.63, 3.8) is 0 Å². The zero-order chi connectivity index (χ0) is 16.8. The van der Waals surface area contributed by atoms with Crippen LogP contribution < -0.4 is 4.90 Å². The molecule has 0 fully saturated rings. The molecule has 0 saturated carbocycles. The molecule has 24 heavy (non-hydrogen) atoms. The second kappa shape index (κ2) is 8.33. The number of anilines is 1. The van der Waals surface area contributed by atoms with E-state index in [9.17, 15) is 9.90 Å². The molecule has 0 aliphatic carbocycles. The first-order valence-electron chi connectivity index (χ1n) is 8.17. The summed E-state index contributed by atoms with van der Waals surface area (Å²) in [6, 6.07) is 18.1. The van der Waals surface area contributed by atoms with Crippen molar-refractivity contribution in [3.8, 4) is 0 Å². The van der Waals surface area contributed by atoms with Crippen molar-refractivity contribution in [2.45, 2.75) is 11.4 Å². The Hall–Kier alpha value is -1.82. The van der Waals surface area contributed by atoms with Gasteiger partial charge in [-0.3, -0.25) is 9.69 Å².